The zero-order valence-corrected chi connectivity index (χ0v) is 11.6. The molecule has 0 fully saturated rings. The normalized spacial score (nSPS) is 10.5. The van der Waals surface area contributed by atoms with Crippen molar-refractivity contribution in [2.45, 2.75) is 6.42 Å². The summed E-state index contributed by atoms with van der Waals surface area (Å²) >= 11 is 1.47. The van der Waals surface area contributed by atoms with E-state index in [1.54, 1.807) is 0 Å². The molecule has 0 bridgehead atoms. The second-order valence-corrected chi connectivity index (χ2v) is 5.19. The summed E-state index contributed by atoms with van der Waals surface area (Å²) in [5.74, 6) is -0.761. The molecule has 2 heterocycles. The van der Waals surface area contributed by atoms with Crippen LogP contribution in [0.2, 0.25) is 0 Å². The van der Waals surface area contributed by atoms with Crippen molar-refractivity contribution >= 4 is 17.3 Å². The Balaban J connectivity index is 1.71. The van der Waals surface area contributed by atoms with Gasteiger partial charge in [0, 0.05) is 0 Å². The van der Waals surface area contributed by atoms with Crippen molar-refractivity contribution in [3.8, 4) is 16.5 Å². The van der Waals surface area contributed by atoms with Gasteiger partial charge in [0.2, 0.25) is 0 Å². The Kier molecular flexibility index (Phi) is 3.79. The zero-order chi connectivity index (χ0) is 14.7. The van der Waals surface area contributed by atoms with Gasteiger partial charge in [-0.05, 0) is 29.1 Å². The molecule has 6 heteroatoms. The molecule has 0 unspecified atom stereocenters. The molecule has 0 N–H and O–H groups in total. The molecule has 3 aromatic rings. The monoisotopic (exact) mass is 303 g/mol. The third kappa shape index (κ3) is 3.17. The smallest absolute Gasteiger partial charge is 0.322 e. The summed E-state index contributed by atoms with van der Waals surface area (Å²) in [6.07, 6.45) is 1.26. The molecule has 0 aliphatic rings. The van der Waals surface area contributed by atoms with Gasteiger partial charge in [-0.3, -0.25) is 4.79 Å². The van der Waals surface area contributed by atoms with E-state index in [0.717, 1.165) is 4.88 Å². The summed E-state index contributed by atoms with van der Waals surface area (Å²) in [6, 6.07) is 9.41. The van der Waals surface area contributed by atoms with Gasteiger partial charge >= 0.3 is 11.9 Å². The van der Waals surface area contributed by atoms with Gasteiger partial charge in [0.1, 0.15) is 5.82 Å². The van der Waals surface area contributed by atoms with Crippen LogP contribution in [-0.2, 0) is 11.2 Å². The SMILES string of the molecule is O=C(Cc1ccc(F)cc1)Oc1ocnc1-c1cccs1. The van der Waals surface area contributed by atoms with Crippen LogP contribution in [-0.4, -0.2) is 11.0 Å². The summed E-state index contributed by atoms with van der Waals surface area (Å²) in [4.78, 5) is 16.8. The topological polar surface area (TPSA) is 52.3 Å². The molecule has 0 saturated heterocycles. The fourth-order valence-electron chi connectivity index (χ4n) is 1.79. The van der Waals surface area contributed by atoms with Crippen LogP contribution in [0.5, 0.6) is 5.95 Å². The molecule has 0 saturated carbocycles. The number of esters is 1. The quantitative estimate of drug-likeness (QED) is 0.690. The van der Waals surface area contributed by atoms with Gasteiger partial charge in [-0.25, -0.2) is 9.37 Å². The number of hydrogen-bond acceptors (Lipinski definition) is 5. The lowest BCUT2D eigenvalue weighted by molar-refractivity contribution is -0.134. The summed E-state index contributed by atoms with van der Waals surface area (Å²) in [6.45, 7) is 0. The Hall–Kier alpha value is -2.47. The molecular weight excluding hydrogens is 293 g/mol. The van der Waals surface area contributed by atoms with Crippen molar-refractivity contribution < 1.29 is 18.3 Å². The van der Waals surface area contributed by atoms with Crippen LogP contribution in [0.15, 0.2) is 52.6 Å². The summed E-state index contributed by atoms with van der Waals surface area (Å²) in [5, 5.41) is 1.90. The molecule has 0 aliphatic heterocycles. The summed E-state index contributed by atoms with van der Waals surface area (Å²) in [5.41, 5.74) is 1.16. The first-order valence-electron chi connectivity index (χ1n) is 6.15. The Bertz CT molecular complexity index is 735. The molecule has 0 radical (unpaired) electrons. The number of carbonyl (C=O) groups is 1. The van der Waals surface area contributed by atoms with Crippen LogP contribution in [0.3, 0.4) is 0 Å². The minimum Gasteiger partial charge on any atom is -0.412 e. The van der Waals surface area contributed by atoms with E-state index in [4.69, 9.17) is 9.15 Å². The lowest BCUT2D eigenvalue weighted by Crippen LogP contribution is -2.11. The third-order valence-corrected chi connectivity index (χ3v) is 3.63. The fourth-order valence-corrected chi connectivity index (χ4v) is 2.50. The Labute approximate surface area is 123 Å². The first-order chi connectivity index (χ1) is 10.2. The van der Waals surface area contributed by atoms with Gasteiger partial charge in [-0.1, -0.05) is 18.2 Å². The highest BCUT2D eigenvalue weighted by atomic mass is 32.1. The van der Waals surface area contributed by atoms with Crippen molar-refractivity contribution in [1.82, 2.24) is 4.98 Å². The highest BCUT2D eigenvalue weighted by Gasteiger charge is 2.17. The number of aromatic nitrogens is 1. The lowest BCUT2D eigenvalue weighted by atomic mass is 10.1. The second-order valence-electron chi connectivity index (χ2n) is 4.24. The molecular formula is C15H10FNO3S. The van der Waals surface area contributed by atoms with E-state index in [0.29, 0.717) is 11.3 Å². The summed E-state index contributed by atoms with van der Waals surface area (Å²) < 4.78 is 23.1. The average molecular weight is 303 g/mol. The first kappa shape index (κ1) is 13.5. The number of thiophene rings is 1. The Morgan fingerprint density at radius 1 is 1.29 bits per heavy atom. The molecule has 0 spiro atoms. The second kappa shape index (κ2) is 5.88. The van der Waals surface area contributed by atoms with Gasteiger partial charge in [-0.15, -0.1) is 11.3 Å². The van der Waals surface area contributed by atoms with E-state index < -0.39 is 5.97 Å². The number of hydrogen-bond donors (Lipinski definition) is 0. The van der Waals surface area contributed by atoms with Crippen LogP contribution in [0.1, 0.15) is 5.56 Å². The first-order valence-corrected chi connectivity index (χ1v) is 7.03. The molecule has 1 aromatic carbocycles. The van der Waals surface area contributed by atoms with Crippen LogP contribution in [0, 0.1) is 5.82 Å². The predicted molar refractivity (Wildman–Crippen MR) is 75.6 cm³/mol. The molecule has 0 amide bonds. The lowest BCUT2D eigenvalue weighted by Gasteiger charge is -2.02. The van der Waals surface area contributed by atoms with E-state index in [9.17, 15) is 9.18 Å². The number of ether oxygens (including phenoxy) is 1. The number of halogens is 1. The Morgan fingerprint density at radius 3 is 2.81 bits per heavy atom. The molecule has 4 nitrogen and oxygen atoms in total. The van der Waals surface area contributed by atoms with Crippen molar-refractivity contribution in [2.24, 2.45) is 0 Å². The molecule has 0 atom stereocenters. The average Bonchev–Trinajstić information content (AvgIpc) is 3.11. The highest BCUT2D eigenvalue weighted by Crippen LogP contribution is 2.31. The highest BCUT2D eigenvalue weighted by molar-refractivity contribution is 7.13. The number of oxazole rings is 1. The number of nitrogens with zero attached hydrogens (tertiary/aromatic N) is 1. The van der Waals surface area contributed by atoms with Crippen LogP contribution in [0.25, 0.3) is 10.6 Å². The molecule has 2 aromatic heterocycles. The minimum absolute atomic E-state index is 0.0326. The van der Waals surface area contributed by atoms with Gasteiger partial charge in [0.25, 0.3) is 0 Å². The van der Waals surface area contributed by atoms with Crippen molar-refractivity contribution in [1.29, 1.82) is 0 Å². The zero-order valence-electron chi connectivity index (χ0n) is 10.8. The molecule has 21 heavy (non-hydrogen) atoms. The molecule has 106 valence electrons. The van der Waals surface area contributed by atoms with Crippen molar-refractivity contribution in [3.05, 3.63) is 59.6 Å². The number of rotatable bonds is 4. The predicted octanol–water partition coefficient (Wildman–Crippen LogP) is 3.69. The van der Waals surface area contributed by atoms with E-state index in [2.05, 4.69) is 4.98 Å². The van der Waals surface area contributed by atoms with Crippen LogP contribution in [0.4, 0.5) is 4.39 Å². The van der Waals surface area contributed by atoms with Crippen LogP contribution >= 0.6 is 11.3 Å². The maximum Gasteiger partial charge on any atom is 0.322 e. The maximum atomic E-state index is 12.8. The van der Waals surface area contributed by atoms with Crippen LogP contribution < -0.4 is 4.74 Å². The third-order valence-electron chi connectivity index (χ3n) is 2.76. The van der Waals surface area contributed by atoms with Crippen molar-refractivity contribution in [2.75, 3.05) is 0 Å². The van der Waals surface area contributed by atoms with E-state index >= 15 is 0 Å². The molecule has 3 rings (SSSR count). The molecule has 0 aliphatic carbocycles. The van der Waals surface area contributed by atoms with E-state index in [1.807, 2.05) is 17.5 Å². The largest absolute Gasteiger partial charge is 0.412 e. The van der Waals surface area contributed by atoms with Gasteiger partial charge in [0.05, 0.1) is 11.3 Å². The fraction of sp³-hybridized carbons (Fsp3) is 0.0667. The van der Waals surface area contributed by atoms with Gasteiger partial charge in [0.15, 0.2) is 12.1 Å². The Morgan fingerprint density at radius 2 is 2.10 bits per heavy atom. The van der Waals surface area contributed by atoms with Gasteiger partial charge in [-0.2, -0.15) is 0 Å². The minimum atomic E-state index is -0.490. The van der Waals surface area contributed by atoms with Crippen molar-refractivity contribution in [3.63, 3.8) is 0 Å². The summed E-state index contributed by atoms with van der Waals surface area (Å²) in [7, 11) is 0. The number of carbonyl (C=O) groups excluding carboxylic acids is 1. The number of benzene rings is 1. The van der Waals surface area contributed by atoms with E-state index in [-0.39, 0.29) is 18.2 Å². The standard InChI is InChI=1S/C15H10FNO3S/c16-11-5-3-10(4-6-11)8-13(18)20-15-14(17-9-19-15)12-2-1-7-21-12/h1-7,9H,8H2. The maximum absolute atomic E-state index is 12.8. The van der Waals surface area contributed by atoms with E-state index in [1.165, 1.54) is 42.0 Å². The van der Waals surface area contributed by atoms with Gasteiger partial charge < -0.3 is 9.15 Å².